The van der Waals surface area contributed by atoms with Crippen LogP contribution in [-0.2, 0) is 0 Å². The van der Waals surface area contributed by atoms with Crippen molar-refractivity contribution in [2.75, 3.05) is 11.9 Å². The third-order valence-electron chi connectivity index (χ3n) is 2.42. The monoisotopic (exact) mass is 260 g/mol. The van der Waals surface area contributed by atoms with Crippen molar-refractivity contribution < 1.29 is 18.8 Å². The molecule has 0 bridgehead atoms. The molecular formula is C11H14F2N2O3. The Kier molecular flexibility index (Phi) is 4.96. The zero-order valence-corrected chi connectivity index (χ0v) is 9.82. The number of anilines is 1. The van der Waals surface area contributed by atoms with E-state index < -0.39 is 22.2 Å². The van der Waals surface area contributed by atoms with Crippen molar-refractivity contribution in [2.24, 2.45) is 0 Å². The van der Waals surface area contributed by atoms with E-state index in [2.05, 4.69) is 5.32 Å². The summed E-state index contributed by atoms with van der Waals surface area (Å²) in [5, 5.41) is 21.6. The Morgan fingerprint density at radius 2 is 2.00 bits per heavy atom. The first-order chi connectivity index (χ1) is 8.45. The number of nitrogens with zero attached hydrogens (tertiary/aromatic N) is 1. The first-order valence-corrected chi connectivity index (χ1v) is 5.46. The lowest BCUT2D eigenvalue weighted by Crippen LogP contribution is -2.17. The van der Waals surface area contributed by atoms with Crippen LogP contribution in [0, 0.1) is 21.7 Å². The van der Waals surface area contributed by atoms with E-state index in [9.17, 15) is 18.9 Å². The number of rotatable bonds is 6. The van der Waals surface area contributed by atoms with E-state index in [1.807, 2.05) is 0 Å². The molecule has 1 aromatic carbocycles. The fourth-order valence-electron chi connectivity index (χ4n) is 1.52. The number of benzene rings is 1. The van der Waals surface area contributed by atoms with Gasteiger partial charge in [-0.1, -0.05) is 0 Å². The number of hydrogen-bond donors (Lipinski definition) is 2. The highest BCUT2D eigenvalue weighted by atomic mass is 19.1. The van der Waals surface area contributed by atoms with Gasteiger partial charge < -0.3 is 10.4 Å². The van der Waals surface area contributed by atoms with E-state index in [1.165, 1.54) is 0 Å². The molecule has 2 N–H and O–H groups in total. The maximum atomic E-state index is 13.5. The topological polar surface area (TPSA) is 75.4 Å². The van der Waals surface area contributed by atoms with Gasteiger partial charge in [0.2, 0.25) is 0 Å². The van der Waals surface area contributed by atoms with Gasteiger partial charge in [-0.3, -0.25) is 10.1 Å². The molecule has 0 aromatic heterocycles. The summed E-state index contributed by atoms with van der Waals surface area (Å²) in [6.07, 6.45) is 1.04. The van der Waals surface area contributed by atoms with E-state index in [0.717, 1.165) is 0 Å². The van der Waals surface area contributed by atoms with Crippen LogP contribution in [0.2, 0.25) is 0 Å². The molecular weight excluding hydrogens is 246 g/mol. The second kappa shape index (κ2) is 6.25. The predicted molar refractivity (Wildman–Crippen MR) is 62.4 cm³/mol. The first kappa shape index (κ1) is 14.3. The van der Waals surface area contributed by atoms with Crippen molar-refractivity contribution >= 4 is 11.4 Å². The minimum Gasteiger partial charge on any atom is -0.396 e. The fourth-order valence-corrected chi connectivity index (χ4v) is 1.52. The van der Waals surface area contributed by atoms with Crippen LogP contribution in [0.15, 0.2) is 12.1 Å². The number of aliphatic hydroxyl groups is 1. The summed E-state index contributed by atoms with van der Waals surface area (Å²) in [7, 11) is 0. The lowest BCUT2D eigenvalue weighted by Gasteiger charge is -2.15. The number of halogens is 2. The van der Waals surface area contributed by atoms with Gasteiger partial charge in [0.15, 0.2) is 11.6 Å². The van der Waals surface area contributed by atoms with Gasteiger partial charge in [-0.05, 0) is 19.8 Å². The molecule has 0 saturated heterocycles. The van der Waals surface area contributed by atoms with Crippen LogP contribution in [0.3, 0.4) is 0 Å². The molecule has 5 nitrogen and oxygen atoms in total. The van der Waals surface area contributed by atoms with Crippen LogP contribution < -0.4 is 5.32 Å². The predicted octanol–water partition coefficient (Wildman–Crippen LogP) is 2.45. The minimum absolute atomic E-state index is 0.00273. The molecule has 0 saturated carbocycles. The molecule has 0 aliphatic carbocycles. The summed E-state index contributed by atoms with van der Waals surface area (Å²) in [6, 6.07) is 1.09. The van der Waals surface area contributed by atoms with Gasteiger partial charge in [0.1, 0.15) is 5.69 Å². The Balaban J connectivity index is 2.86. The van der Waals surface area contributed by atoms with Gasteiger partial charge in [0, 0.05) is 12.6 Å². The van der Waals surface area contributed by atoms with Gasteiger partial charge in [0.05, 0.1) is 17.1 Å². The van der Waals surface area contributed by atoms with Crippen molar-refractivity contribution in [1.29, 1.82) is 0 Å². The number of nitro benzene ring substituents is 1. The quantitative estimate of drug-likeness (QED) is 0.608. The molecule has 1 atom stereocenters. The second-order valence-corrected chi connectivity index (χ2v) is 3.95. The molecule has 0 spiro atoms. The van der Waals surface area contributed by atoms with Crippen molar-refractivity contribution in [3.05, 3.63) is 33.9 Å². The minimum atomic E-state index is -1.00. The average molecular weight is 260 g/mol. The molecule has 0 amide bonds. The van der Waals surface area contributed by atoms with Crippen molar-refractivity contribution in [3.8, 4) is 0 Å². The Morgan fingerprint density at radius 3 is 2.44 bits per heavy atom. The van der Waals surface area contributed by atoms with Gasteiger partial charge in [-0.25, -0.2) is 8.78 Å². The number of nitro groups is 1. The van der Waals surface area contributed by atoms with Crippen LogP contribution in [0.1, 0.15) is 19.8 Å². The average Bonchev–Trinajstić information content (AvgIpc) is 2.30. The molecule has 1 unspecified atom stereocenters. The summed E-state index contributed by atoms with van der Waals surface area (Å²) in [5.41, 5.74) is -1.01. The van der Waals surface area contributed by atoms with Gasteiger partial charge in [0.25, 0.3) is 5.69 Å². The number of non-ortho nitro benzene ring substituents is 1. The van der Waals surface area contributed by atoms with Gasteiger partial charge in [-0.2, -0.15) is 0 Å². The van der Waals surface area contributed by atoms with E-state index in [0.29, 0.717) is 25.0 Å². The highest BCUT2D eigenvalue weighted by molar-refractivity contribution is 5.52. The molecule has 0 fully saturated rings. The maximum Gasteiger partial charge on any atom is 0.275 e. The van der Waals surface area contributed by atoms with E-state index >= 15 is 0 Å². The summed E-state index contributed by atoms with van der Waals surface area (Å²) in [5.74, 6) is -2.00. The highest BCUT2D eigenvalue weighted by Gasteiger charge is 2.18. The Hall–Kier alpha value is -1.76. The van der Waals surface area contributed by atoms with E-state index in [1.54, 1.807) is 6.92 Å². The van der Waals surface area contributed by atoms with Crippen LogP contribution in [-0.4, -0.2) is 22.7 Å². The SMILES string of the molecule is CC(CCCO)Nc1c(F)cc([N+](=O)[O-])cc1F. The third kappa shape index (κ3) is 3.63. The normalized spacial score (nSPS) is 12.2. The Bertz CT molecular complexity index is 417. The van der Waals surface area contributed by atoms with Crippen LogP contribution >= 0.6 is 0 Å². The number of hydrogen-bond acceptors (Lipinski definition) is 4. The molecule has 0 aliphatic heterocycles. The molecule has 18 heavy (non-hydrogen) atoms. The largest absolute Gasteiger partial charge is 0.396 e. The van der Waals surface area contributed by atoms with Crippen LogP contribution in [0.25, 0.3) is 0 Å². The summed E-state index contributed by atoms with van der Waals surface area (Å²) >= 11 is 0. The summed E-state index contributed by atoms with van der Waals surface area (Å²) in [6.45, 7) is 1.70. The smallest absolute Gasteiger partial charge is 0.275 e. The van der Waals surface area contributed by atoms with Gasteiger partial charge >= 0.3 is 0 Å². The van der Waals surface area contributed by atoms with E-state index in [4.69, 9.17) is 5.11 Å². The van der Waals surface area contributed by atoms with Crippen molar-refractivity contribution in [3.63, 3.8) is 0 Å². The third-order valence-corrected chi connectivity index (χ3v) is 2.42. The summed E-state index contributed by atoms with van der Waals surface area (Å²) < 4.78 is 27.0. The molecule has 0 radical (unpaired) electrons. The molecule has 100 valence electrons. The summed E-state index contributed by atoms with van der Waals surface area (Å²) in [4.78, 5) is 9.55. The van der Waals surface area contributed by atoms with Crippen LogP contribution in [0.5, 0.6) is 0 Å². The lowest BCUT2D eigenvalue weighted by atomic mass is 10.1. The Labute approximate surface area is 103 Å². The standard InChI is InChI=1S/C11H14F2N2O3/c1-7(3-2-4-16)14-11-9(12)5-8(15(17)18)6-10(11)13/h5-7,14,16H,2-4H2,1H3. The van der Waals surface area contributed by atoms with Crippen LogP contribution in [0.4, 0.5) is 20.2 Å². The Morgan fingerprint density at radius 1 is 1.44 bits per heavy atom. The molecule has 1 rings (SSSR count). The second-order valence-electron chi connectivity index (χ2n) is 3.95. The van der Waals surface area contributed by atoms with Crippen molar-refractivity contribution in [2.45, 2.75) is 25.8 Å². The first-order valence-electron chi connectivity index (χ1n) is 5.46. The zero-order valence-electron chi connectivity index (χ0n) is 9.82. The maximum absolute atomic E-state index is 13.5. The van der Waals surface area contributed by atoms with Gasteiger partial charge in [-0.15, -0.1) is 0 Å². The zero-order chi connectivity index (χ0) is 13.7. The molecule has 0 aliphatic rings. The fraction of sp³-hybridized carbons (Fsp3) is 0.455. The van der Waals surface area contributed by atoms with Crippen molar-refractivity contribution in [1.82, 2.24) is 0 Å². The molecule has 7 heteroatoms. The van der Waals surface area contributed by atoms with E-state index in [-0.39, 0.29) is 18.3 Å². The number of aliphatic hydroxyl groups excluding tert-OH is 1. The number of nitrogens with one attached hydrogen (secondary N) is 1. The lowest BCUT2D eigenvalue weighted by molar-refractivity contribution is -0.385. The molecule has 1 aromatic rings. The highest BCUT2D eigenvalue weighted by Crippen LogP contribution is 2.25. The molecule has 0 heterocycles.